The van der Waals surface area contributed by atoms with Crippen LogP contribution in [0.4, 0.5) is 0 Å². The molecule has 0 radical (unpaired) electrons. The van der Waals surface area contributed by atoms with Crippen LogP contribution in [-0.4, -0.2) is 35.6 Å². The van der Waals surface area contributed by atoms with E-state index < -0.39 is 0 Å². The highest BCUT2D eigenvalue weighted by molar-refractivity contribution is 5.10. The topological polar surface area (TPSA) is 37.3 Å². The molecule has 1 aliphatic rings. The van der Waals surface area contributed by atoms with Crippen LogP contribution >= 0.6 is 0 Å². The number of hydrogen-bond donors (Lipinski definition) is 1. The fraction of sp³-hybridized carbons (Fsp3) is 0.643. The Bertz CT molecular complexity index is 421. The standard InChI is InChI=1S/C14H23N3O/c1-16-10-5-13(11-14(16)18)12-15-6-4-9-17-7-2-3-8-17/h5,10-11,15H,2-4,6-9,12H2,1H3. The lowest BCUT2D eigenvalue weighted by Crippen LogP contribution is -2.25. The Morgan fingerprint density at radius 1 is 1.33 bits per heavy atom. The van der Waals surface area contributed by atoms with Crippen molar-refractivity contribution < 1.29 is 0 Å². The van der Waals surface area contributed by atoms with Crippen LogP contribution in [-0.2, 0) is 13.6 Å². The van der Waals surface area contributed by atoms with Gasteiger partial charge in [-0.05, 0) is 57.1 Å². The Labute approximate surface area is 109 Å². The van der Waals surface area contributed by atoms with Crippen LogP contribution in [0.15, 0.2) is 23.1 Å². The van der Waals surface area contributed by atoms with E-state index in [1.165, 1.54) is 38.9 Å². The summed E-state index contributed by atoms with van der Waals surface area (Å²) in [5.41, 5.74) is 1.13. The lowest BCUT2D eigenvalue weighted by atomic mass is 10.2. The van der Waals surface area contributed by atoms with Gasteiger partial charge in [-0.2, -0.15) is 0 Å². The zero-order valence-electron chi connectivity index (χ0n) is 11.2. The van der Waals surface area contributed by atoms with Crippen molar-refractivity contribution in [3.05, 3.63) is 34.2 Å². The van der Waals surface area contributed by atoms with E-state index in [1.54, 1.807) is 17.7 Å². The second-order valence-corrected chi connectivity index (χ2v) is 5.06. The molecule has 4 heteroatoms. The van der Waals surface area contributed by atoms with Gasteiger partial charge in [0, 0.05) is 25.9 Å². The Balaban J connectivity index is 1.62. The molecule has 0 spiro atoms. The molecule has 100 valence electrons. The summed E-state index contributed by atoms with van der Waals surface area (Å²) in [4.78, 5) is 14.0. The molecular weight excluding hydrogens is 226 g/mol. The van der Waals surface area contributed by atoms with Crippen LogP contribution in [0, 0.1) is 0 Å². The summed E-state index contributed by atoms with van der Waals surface area (Å²) in [6.07, 6.45) is 5.73. The first kappa shape index (κ1) is 13.3. The number of likely N-dealkylation sites (tertiary alicyclic amines) is 1. The summed E-state index contributed by atoms with van der Waals surface area (Å²) in [5.74, 6) is 0. The molecule has 1 fully saturated rings. The molecule has 2 rings (SSSR count). The van der Waals surface area contributed by atoms with Crippen molar-refractivity contribution in [1.29, 1.82) is 0 Å². The Morgan fingerprint density at radius 3 is 2.83 bits per heavy atom. The number of hydrogen-bond acceptors (Lipinski definition) is 3. The molecule has 0 saturated carbocycles. The maximum Gasteiger partial charge on any atom is 0.250 e. The Morgan fingerprint density at radius 2 is 2.11 bits per heavy atom. The number of pyridine rings is 1. The van der Waals surface area contributed by atoms with Crippen molar-refractivity contribution in [3.8, 4) is 0 Å². The molecule has 2 heterocycles. The van der Waals surface area contributed by atoms with Crippen LogP contribution in [0.1, 0.15) is 24.8 Å². The third kappa shape index (κ3) is 3.96. The van der Waals surface area contributed by atoms with Gasteiger partial charge in [0.25, 0.3) is 5.56 Å². The number of aromatic nitrogens is 1. The van der Waals surface area contributed by atoms with E-state index in [4.69, 9.17) is 0 Å². The van der Waals surface area contributed by atoms with Gasteiger partial charge in [-0.3, -0.25) is 4.79 Å². The van der Waals surface area contributed by atoms with Crippen LogP contribution in [0.3, 0.4) is 0 Å². The van der Waals surface area contributed by atoms with Crippen LogP contribution in [0.5, 0.6) is 0 Å². The first-order valence-corrected chi connectivity index (χ1v) is 6.84. The average Bonchev–Trinajstić information content (AvgIpc) is 2.86. The van der Waals surface area contributed by atoms with Crippen molar-refractivity contribution >= 4 is 0 Å². The number of aryl methyl sites for hydroxylation is 1. The predicted molar refractivity (Wildman–Crippen MR) is 73.7 cm³/mol. The molecule has 0 bridgehead atoms. The molecule has 0 amide bonds. The number of nitrogens with zero attached hydrogens (tertiary/aromatic N) is 2. The highest BCUT2D eigenvalue weighted by Crippen LogP contribution is 2.06. The third-order valence-electron chi connectivity index (χ3n) is 3.52. The van der Waals surface area contributed by atoms with Crippen molar-refractivity contribution in [2.75, 3.05) is 26.2 Å². The highest BCUT2D eigenvalue weighted by atomic mass is 16.1. The number of rotatable bonds is 6. The predicted octanol–water partition coefficient (Wildman–Crippen LogP) is 0.961. The SMILES string of the molecule is Cn1ccc(CNCCCN2CCCC2)cc1=O. The van der Waals surface area contributed by atoms with Crippen LogP contribution in [0.25, 0.3) is 0 Å². The zero-order valence-corrected chi connectivity index (χ0v) is 11.2. The summed E-state index contributed by atoms with van der Waals surface area (Å²) in [6, 6.07) is 3.70. The fourth-order valence-electron chi connectivity index (χ4n) is 2.37. The second kappa shape index (κ2) is 6.71. The summed E-state index contributed by atoms with van der Waals surface area (Å²) >= 11 is 0. The first-order chi connectivity index (χ1) is 8.75. The van der Waals surface area contributed by atoms with Crippen LogP contribution < -0.4 is 10.9 Å². The maximum absolute atomic E-state index is 11.4. The average molecular weight is 249 g/mol. The van der Waals surface area contributed by atoms with Gasteiger partial charge in [-0.25, -0.2) is 0 Å². The van der Waals surface area contributed by atoms with Gasteiger partial charge in [0.1, 0.15) is 0 Å². The van der Waals surface area contributed by atoms with Gasteiger partial charge in [0.15, 0.2) is 0 Å². The first-order valence-electron chi connectivity index (χ1n) is 6.84. The second-order valence-electron chi connectivity index (χ2n) is 5.06. The molecule has 1 saturated heterocycles. The third-order valence-corrected chi connectivity index (χ3v) is 3.52. The molecule has 1 aromatic heterocycles. The fourth-order valence-corrected chi connectivity index (χ4v) is 2.37. The van der Waals surface area contributed by atoms with E-state index >= 15 is 0 Å². The van der Waals surface area contributed by atoms with E-state index in [9.17, 15) is 4.79 Å². The van der Waals surface area contributed by atoms with Gasteiger partial charge >= 0.3 is 0 Å². The molecular formula is C14H23N3O. The lowest BCUT2D eigenvalue weighted by Gasteiger charge is -2.14. The summed E-state index contributed by atoms with van der Waals surface area (Å²) in [5, 5.41) is 3.40. The molecule has 1 N–H and O–H groups in total. The van der Waals surface area contributed by atoms with Crippen LogP contribution in [0.2, 0.25) is 0 Å². The van der Waals surface area contributed by atoms with Gasteiger partial charge in [0.2, 0.25) is 0 Å². The van der Waals surface area contributed by atoms with Crippen molar-refractivity contribution in [1.82, 2.24) is 14.8 Å². The summed E-state index contributed by atoms with van der Waals surface area (Å²) in [6.45, 7) is 5.55. The Kier molecular flexibility index (Phi) is 4.96. The maximum atomic E-state index is 11.4. The van der Waals surface area contributed by atoms with E-state index in [0.717, 1.165) is 18.7 Å². The summed E-state index contributed by atoms with van der Waals surface area (Å²) < 4.78 is 1.59. The minimum atomic E-state index is 0.0615. The minimum absolute atomic E-state index is 0.0615. The normalized spacial score (nSPS) is 16.3. The van der Waals surface area contributed by atoms with E-state index in [0.29, 0.717) is 0 Å². The van der Waals surface area contributed by atoms with Crippen molar-refractivity contribution in [2.45, 2.75) is 25.8 Å². The quantitative estimate of drug-likeness (QED) is 0.763. The molecule has 4 nitrogen and oxygen atoms in total. The zero-order chi connectivity index (χ0) is 12.8. The molecule has 1 aromatic rings. The van der Waals surface area contributed by atoms with E-state index in [1.807, 2.05) is 12.3 Å². The van der Waals surface area contributed by atoms with Gasteiger partial charge in [-0.15, -0.1) is 0 Å². The van der Waals surface area contributed by atoms with Gasteiger partial charge in [-0.1, -0.05) is 0 Å². The van der Waals surface area contributed by atoms with Gasteiger partial charge < -0.3 is 14.8 Å². The van der Waals surface area contributed by atoms with Crippen molar-refractivity contribution in [2.24, 2.45) is 7.05 Å². The number of nitrogens with one attached hydrogen (secondary N) is 1. The van der Waals surface area contributed by atoms with E-state index in [-0.39, 0.29) is 5.56 Å². The largest absolute Gasteiger partial charge is 0.319 e. The minimum Gasteiger partial charge on any atom is -0.319 e. The summed E-state index contributed by atoms with van der Waals surface area (Å²) in [7, 11) is 1.77. The molecule has 0 aliphatic carbocycles. The van der Waals surface area contributed by atoms with Crippen molar-refractivity contribution in [3.63, 3.8) is 0 Å². The molecule has 0 aromatic carbocycles. The lowest BCUT2D eigenvalue weighted by molar-refractivity contribution is 0.331. The molecule has 1 aliphatic heterocycles. The monoisotopic (exact) mass is 249 g/mol. The van der Waals surface area contributed by atoms with Gasteiger partial charge in [0.05, 0.1) is 0 Å². The Hall–Kier alpha value is -1.13. The highest BCUT2D eigenvalue weighted by Gasteiger charge is 2.09. The molecule has 18 heavy (non-hydrogen) atoms. The molecule has 0 unspecified atom stereocenters. The van der Waals surface area contributed by atoms with E-state index in [2.05, 4.69) is 10.2 Å². The smallest absolute Gasteiger partial charge is 0.250 e. The molecule has 0 atom stereocenters.